The van der Waals surface area contributed by atoms with Gasteiger partial charge in [0.1, 0.15) is 11.6 Å². The molecule has 0 bridgehead atoms. The molecule has 3 nitrogen and oxygen atoms in total. The molecule has 0 aliphatic carbocycles. The lowest BCUT2D eigenvalue weighted by molar-refractivity contribution is 0.299. The maximum absolute atomic E-state index is 6.02. The number of hydrogen-bond acceptors (Lipinski definition) is 2. The number of hydrogen-bond donors (Lipinski definition) is 0. The van der Waals surface area contributed by atoms with Gasteiger partial charge in [0, 0.05) is 12.5 Å². The Hall–Kier alpha value is -2.55. The lowest BCUT2D eigenvalue weighted by atomic mass is 10.1. The molecule has 0 fully saturated rings. The Bertz CT molecular complexity index is 848. The largest absolute Gasteiger partial charge is 0.493 e. The fourth-order valence-corrected chi connectivity index (χ4v) is 3.14. The molecule has 0 amide bonds. The summed E-state index contributed by atoms with van der Waals surface area (Å²) in [4.78, 5) is 4.80. The van der Waals surface area contributed by atoms with E-state index < -0.39 is 0 Å². The van der Waals surface area contributed by atoms with Gasteiger partial charge in [0.25, 0.3) is 0 Å². The minimum absolute atomic E-state index is 0.404. The smallest absolute Gasteiger partial charge is 0.122 e. The summed E-state index contributed by atoms with van der Waals surface area (Å²) in [6.07, 6.45) is 3.69. The van der Waals surface area contributed by atoms with E-state index in [0.29, 0.717) is 12.5 Å². The number of allylic oxidation sites excluding steroid dienone is 1. The van der Waals surface area contributed by atoms with Gasteiger partial charge in [0.2, 0.25) is 0 Å². The van der Waals surface area contributed by atoms with E-state index >= 15 is 0 Å². The Morgan fingerprint density at radius 2 is 1.88 bits per heavy atom. The highest BCUT2D eigenvalue weighted by Crippen LogP contribution is 2.23. The minimum Gasteiger partial charge on any atom is -0.493 e. The summed E-state index contributed by atoms with van der Waals surface area (Å²) in [7, 11) is 0. The molecule has 0 spiro atoms. The maximum atomic E-state index is 6.02. The number of imidazole rings is 1. The van der Waals surface area contributed by atoms with Crippen LogP contribution in [0.3, 0.4) is 0 Å². The Morgan fingerprint density at radius 1 is 1.12 bits per heavy atom. The van der Waals surface area contributed by atoms with Crippen LogP contribution in [-0.2, 0) is 13.0 Å². The van der Waals surface area contributed by atoms with E-state index in [1.807, 2.05) is 30.3 Å². The second-order valence-electron chi connectivity index (χ2n) is 6.57. The van der Waals surface area contributed by atoms with Crippen molar-refractivity contribution < 1.29 is 4.74 Å². The second-order valence-corrected chi connectivity index (χ2v) is 6.57. The summed E-state index contributed by atoms with van der Waals surface area (Å²) in [6, 6.07) is 16.5. The maximum Gasteiger partial charge on any atom is 0.122 e. The molecule has 0 aliphatic heterocycles. The molecule has 3 rings (SSSR count). The van der Waals surface area contributed by atoms with Crippen molar-refractivity contribution in [1.82, 2.24) is 9.55 Å². The normalized spacial score (nSPS) is 11.2. The van der Waals surface area contributed by atoms with E-state index in [1.165, 1.54) is 11.1 Å². The second kappa shape index (κ2) is 8.02. The first-order valence-corrected chi connectivity index (χ1v) is 8.97. The SMILES string of the molecule is C=CCc1ccccc1OCCCn1c(C(C)C)nc2ccccc21. The van der Waals surface area contributed by atoms with Gasteiger partial charge < -0.3 is 9.30 Å². The summed E-state index contributed by atoms with van der Waals surface area (Å²) in [5, 5.41) is 0. The molecule has 0 unspecified atom stereocenters. The number of nitrogens with zero attached hydrogens (tertiary/aromatic N) is 2. The Labute approximate surface area is 150 Å². The van der Waals surface area contributed by atoms with Crippen LogP contribution in [-0.4, -0.2) is 16.2 Å². The van der Waals surface area contributed by atoms with E-state index in [0.717, 1.165) is 36.5 Å². The van der Waals surface area contributed by atoms with E-state index in [1.54, 1.807) is 0 Å². The molecule has 3 heteroatoms. The van der Waals surface area contributed by atoms with Crippen molar-refractivity contribution in [3.8, 4) is 5.75 Å². The average Bonchev–Trinajstić information content (AvgIpc) is 2.99. The summed E-state index contributed by atoms with van der Waals surface area (Å²) >= 11 is 0. The van der Waals surface area contributed by atoms with Gasteiger partial charge in [0.05, 0.1) is 17.6 Å². The quantitative estimate of drug-likeness (QED) is 0.410. The van der Waals surface area contributed by atoms with Crippen molar-refractivity contribution in [3.05, 3.63) is 72.6 Å². The summed E-state index contributed by atoms with van der Waals surface area (Å²) in [5.41, 5.74) is 3.47. The van der Waals surface area contributed by atoms with E-state index in [2.05, 4.69) is 49.3 Å². The van der Waals surface area contributed by atoms with Crippen LogP contribution in [0.1, 0.15) is 37.6 Å². The third-order valence-electron chi connectivity index (χ3n) is 4.32. The molecule has 0 radical (unpaired) electrons. The molecular formula is C22H26N2O. The number of para-hydroxylation sites is 3. The number of fused-ring (bicyclic) bond motifs is 1. The van der Waals surface area contributed by atoms with E-state index in [4.69, 9.17) is 9.72 Å². The van der Waals surface area contributed by atoms with Gasteiger partial charge in [0.15, 0.2) is 0 Å². The van der Waals surface area contributed by atoms with Crippen LogP contribution in [0, 0.1) is 0 Å². The van der Waals surface area contributed by atoms with Crippen molar-refractivity contribution in [2.75, 3.05) is 6.61 Å². The zero-order chi connectivity index (χ0) is 17.6. The van der Waals surface area contributed by atoms with Gasteiger partial charge in [-0.2, -0.15) is 0 Å². The number of benzene rings is 2. The van der Waals surface area contributed by atoms with Gasteiger partial charge in [-0.25, -0.2) is 4.98 Å². The minimum atomic E-state index is 0.404. The molecule has 25 heavy (non-hydrogen) atoms. The van der Waals surface area contributed by atoms with Crippen molar-refractivity contribution in [3.63, 3.8) is 0 Å². The zero-order valence-electron chi connectivity index (χ0n) is 15.1. The predicted octanol–water partition coefficient (Wildman–Crippen LogP) is 5.36. The van der Waals surface area contributed by atoms with Crippen LogP contribution >= 0.6 is 0 Å². The third-order valence-corrected chi connectivity index (χ3v) is 4.32. The van der Waals surface area contributed by atoms with E-state index in [-0.39, 0.29) is 0 Å². The Balaban J connectivity index is 1.68. The van der Waals surface area contributed by atoms with Crippen LogP contribution < -0.4 is 4.74 Å². The van der Waals surface area contributed by atoms with Crippen LogP contribution in [0.15, 0.2) is 61.2 Å². The van der Waals surface area contributed by atoms with Gasteiger partial charge in [-0.05, 0) is 36.6 Å². The van der Waals surface area contributed by atoms with Gasteiger partial charge >= 0.3 is 0 Å². The van der Waals surface area contributed by atoms with Crippen molar-refractivity contribution in [2.24, 2.45) is 0 Å². The van der Waals surface area contributed by atoms with Crippen LogP contribution in [0.5, 0.6) is 5.75 Å². The summed E-state index contributed by atoms with van der Waals surface area (Å²) in [5.74, 6) is 2.51. The first-order chi connectivity index (χ1) is 12.2. The molecule has 0 N–H and O–H groups in total. The van der Waals surface area contributed by atoms with Gasteiger partial charge in [-0.1, -0.05) is 50.3 Å². The molecule has 1 aromatic heterocycles. The highest BCUT2D eigenvalue weighted by atomic mass is 16.5. The first-order valence-electron chi connectivity index (χ1n) is 8.97. The Morgan fingerprint density at radius 3 is 2.68 bits per heavy atom. The lowest BCUT2D eigenvalue weighted by Gasteiger charge is -2.13. The molecule has 1 heterocycles. The molecule has 2 aromatic carbocycles. The number of rotatable bonds is 8. The number of aryl methyl sites for hydroxylation is 1. The number of aromatic nitrogens is 2. The van der Waals surface area contributed by atoms with Crippen LogP contribution in [0.4, 0.5) is 0 Å². The Kier molecular flexibility index (Phi) is 5.54. The fraction of sp³-hybridized carbons (Fsp3) is 0.318. The molecule has 3 aromatic rings. The number of ether oxygens (including phenoxy) is 1. The van der Waals surface area contributed by atoms with Crippen molar-refractivity contribution in [1.29, 1.82) is 0 Å². The lowest BCUT2D eigenvalue weighted by Crippen LogP contribution is -2.09. The molecule has 0 saturated carbocycles. The van der Waals surface area contributed by atoms with Gasteiger partial charge in [-0.15, -0.1) is 6.58 Å². The molecule has 0 aliphatic rings. The van der Waals surface area contributed by atoms with E-state index in [9.17, 15) is 0 Å². The summed E-state index contributed by atoms with van der Waals surface area (Å²) < 4.78 is 8.35. The van der Waals surface area contributed by atoms with Crippen LogP contribution in [0.25, 0.3) is 11.0 Å². The predicted molar refractivity (Wildman–Crippen MR) is 104 cm³/mol. The van der Waals surface area contributed by atoms with Crippen molar-refractivity contribution >= 4 is 11.0 Å². The van der Waals surface area contributed by atoms with Crippen LogP contribution in [0.2, 0.25) is 0 Å². The standard InChI is InChI=1S/C22H26N2O/c1-4-10-18-11-5-8-14-21(18)25-16-9-15-24-20-13-7-6-12-19(20)23-22(24)17(2)3/h4-8,11-14,17H,1,9-10,15-16H2,2-3H3. The zero-order valence-corrected chi connectivity index (χ0v) is 15.1. The molecular weight excluding hydrogens is 308 g/mol. The van der Waals surface area contributed by atoms with Gasteiger partial charge in [-0.3, -0.25) is 0 Å². The molecule has 130 valence electrons. The highest BCUT2D eigenvalue weighted by Gasteiger charge is 2.13. The first kappa shape index (κ1) is 17.3. The highest BCUT2D eigenvalue weighted by molar-refractivity contribution is 5.76. The molecule has 0 atom stereocenters. The summed E-state index contributed by atoms with van der Waals surface area (Å²) in [6.45, 7) is 9.81. The molecule has 0 saturated heterocycles. The monoisotopic (exact) mass is 334 g/mol. The topological polar surface area (TPSA) is 27.1 Å². The van der Waals surface area contributed by atoms with Crippen molar-refractivity contribution in [2.45, 2.75) is 39.2 Å². The third kappa shape index (κ3) is 3.93. The average molecular weight is 334 g/mol. The fourth-order valence-electron chi connectivity index (χ4n) is 3.14.